The van der Waals surface area contributed by atoms with E-state index in [1.807, 2.05) is 48.7 Å². The van der Waals surface area contributed by atoms with Crippen LogP contribution in [0.25, 0.3) is 16.6 Å². The maximum atomic E-state index is 12.5. The Morgan fingerprint density at radius 1 is 1.03 bits per heavy atom. The van der Waals surface area contributed by atoms with Crippen molar-refractivity contribution >= 4 is 34.1 Å². The van der Waals surface area contributed by atoms with E-state index >= 15 is 0 Å². The summed E-state index contributed by atoms with van der Waals surface area (Å²) < 4.78 is 1.65. The number of rotatable bonds is 7. The van der Waals surface area contributed by atoms with Gasteiger partial charge in [-0.15, -0.1) is 16.4 Å². The van der Waals surface area contributed by atoms with Gasteiger partial charge in [-0.25, -0.2) is 4.68 Å². The van der Waals surface area contributed by atoms with E-state index in [1.54, 1.807) is 16.9 Å². The van der Waals surface area contributed by atoms with E-state index in [1.165, 1.54) is 11.3 Å². The lowest BCUT2D eigenvalue weighted by Gasteiger charge is -2.08. The highest BCUT2D eigenvalue weighted by molar-refractivity contribution is 7.12. The van der Waals surface area contributed by atoms with Gasteiger partial charge >= 0.3 is 0 Å². The van der Waals surface area contributed by atoms with E-state index in [0.29, 0.717) is 30.1 Å². The quantitative estimate of drug-likeness (QED) is 0.448. The van der Waals surface area contributed by atoms with Crippen molar-refractivity contribution in [2.24, 2.45) is 0 Å². The summed E-state index contributed by atoms with van der Waals surface area (Å²) in [7, 11) is 0. The third-order valence-corrected chi connectivity index (χ3v) is 5.50. The van der Waals surface area contributed by atoms with Crippen molar-refractivity contribution in [1.29, 1.82) is 0 Å². The molecule has 152 valence electrons. The molecule has 4 aromatic rings. The smallest absolute Gasteiger partial charge is 0.273 e. The Morgan fingerprint density at radius 3 is 2.67 bits per heavy atom. The number of nitrogens with one attached hydrogen (secondary N) is 2. The number of benzene rings is 1. The second-order valence-corrected chi connectivity index (χ2v) is 7.57. The zero-order valence-corrected chi connectivity index (χ0v) is 17.1. The molecule has 0 spiro atoms. The van der Waals surface area contributed by atoms with E-state index in [9.17, 15) is 9.59 Å². The van der Waals surface area contributed by atoms with Crippen LogP contribution >= 0.6 is 11.3 Å². The molecule has 0 saturated carbocycles. The van der Waals surface area contributed by atoms with Gasteiger partial charge in [-0.3, -0.25) is 14.6 Å². The fourth-order valence-electron chi connectivity index (χ4n) is 3.11. The van der Waals surface area contributed by atoms with Gasteiger partial charge in [0.1, 0.15) is 0 Å². The Balaban J connectivity index is 1.36. The number of fused-ring (bicyclic) bond motifs is 1. The number of carbonyl (C=O) groups is 2. The number of hydrogen-bond donors (Lipinski definition) is 2. The van der Waals surface area contributed by atoms with Crippen molar-refractivity contribution in [1.82, 2.24) is 30.6 Å². The monoisotopic (exact) mass is 420 g/mol. The topological polar surface area (TPSA) is 102 Å². The Kier molecular flexibility index (Phi) is 5.80. The molecule has 0 aliphatic rings. The first kappa shape index (κ1) is 19.7. The van der Waals surface area contributed by atoms with E-state index in [0.717, 1.165) is 16.6 Å². The highest BCUT2D eigenvalue weighted by Gasteiger charge is 2.18. The lowest BCUT2D eigenvalue weighted by Crippen LogP contribution is -2.30. The maximum Gasteiger partial charge on any atom is 0.273 e. The van der Waals surface area contributed by atoms with Gasteiger partial charge in [0.05, 0.1) is 21.8 Å². The third-order valence-electron chi connectivity index (χ3n) is 4.63. The highest BCUT2D eigenvalue weighted by Crippen LogP contribution is 2.21. The van der Waals surface area contributed by atoms with Gasteiger partial charge in [-0.1, -0.05) is 17.3 Å². The molecule has 0 aliphatic heterocycles. The number of pyridine rings is 1. The number of carbonyl (C=O) groups excluding carboxylic acids is 2. The lowest BCUT2D eigenvalue weighted by atomic mass is 10.2. The van der Waals surface area contributed by atoms with Gasteiger partial charge < -0.3 is 10.6 Å². The summed E-state index contributed by atoms with van der Waals surface area (Å²) in [4.78, 5) is 29.4. The molecule has 0 aliphatic carbocycles. The first-order valence-corrected chi connectivity index (χ1v) is 10.4. The highest BCUT2D eigenvalue weighted by atomic mass is 32.1. The molecule has 2 amide bonds. The predicted octanol–water partition coefficient (Wildman–Crippen LogP) is 2.74. The average molecular weight is 420 g/mol. The van der Waals surface area contributed by atoms with Crippen LogP contribution in [-0.2, 0) is 0 Å². The first-order valence-electron chi connectivity index (χ1n) is 9.51. The molecule has 9 heteroatoms. The van der Waals surface area contributed by atoms with E-state index in [2.05, 4.69) is 25.9 Å². The second kappa shape index (κ2) is 8.83. The maximum absolute atomic E-state index is 12.5. The minimum absolute atomic E-state index is 0.0975. The van der Waals surface area contributed by atoms with Crippen molar-refractivity contribution < 1.29 is 9.59 Å². The number of amides is 2. The van der Waals surface area contributed by atoms with Crippen LogP contribution in [0.1, 0.15) is 32.3 Å². The SMILES string of the molecule is Cc1c(C(=O)NCCCNC(=O)c2cccs2)nnn1-c1cccc2ncccc12. The summed E-state index contributed by atoms with van der Waals surface area (Å²) in [5.74, 6) is -0.388. The van der Waals surface area contributed by atoms with Gasteiger partial charge in [0, 0.05) is 24.7 Å². The standard InChI is InChI=1S/C21H20N6O2S/c1-14-19(21(29)24-12-5-11-23-20(28)18-9-4-13-30-18)25-26-27(14)17-8-2-7-16-15(17)6-3-10-22-16/h2-4,6-10,13H,5,11-12H2,1H3,(H,23,28)(H,24,29). The van der Waals surface area contributed by atoms with Gasteiger partial charge in [0.2, 0.25) is 0 Å². The van der Waals surface area contributed by atoms with Gasteiger partial charge in [0.25, 0.3) is 11.8 Å². The fourth-order valence-corrected chi connectivity index (χ4v) is 3.75. The van der Waals surface area contributed by atoms with Crippen LogP contribution in [0.4, 0.5) is 0 Å². The molecule has 0 atom stereocenters. The summed E-state index contributed by atoms with van der Waals surface area (Å²) in [6.45, 7) is 2.71. The molecule has 0 unspecified atom stereocenters. The summed E-state index contributed by atoms with van der Waals surface area (Å²) in [6, 6.07) is 13.2. The van der Waals surface area contributed by atoms with Crippen LogP contribution in [0.3, 0.4) is 0 Å². The number of thiophene rings is 1. The minimum atomic E-state index is -0.290. The zero-order chi connectivity index (χ0) is 20.9. The Morgan fingerprint density at radius 2 is 1.87 bits per heavy atom. The normalized spacial score (nSPS) is 10.8. The second-order valence-electron chi connectivity index (χ2n) is 6.63. The van der Waals surface area contributed by atoms with E-state index < -0.39 is 0 Å². The van der Waals surface area contributed by atoms with Crippen molar-refractivity contribution in [2.45, 2.75) is 13.3 Å². The summed E-state index contributed by atoms with van der Waals surface area (Å²) in [5, 5.41) is 16.7. The Bertz CT molecular complexity index is 1180. The lowest BCUT2D eigenvalue weighted by molar-refractivity contribution is 0.0947. The van der Waals surface area contributed by atoms with Crippen LogP contribution in [0.5, 0.6) is 0 Å². The fraction of sp³-hybridized carbons (Fsp3) is 0.190. The average Bonchev–Trinajstić information content (AvgIpc) is 3.43. The molecule has 1 aromatic carbocycles. The summed E-state index contributed by atoms with van der Waals surface area (Å²) in [6.07, 6.45) is 2.35. The van der Waals surface area contributed by atoms with E-state index in [-0.39, 0.29) is 17.5 Å². The summed E-state index contributed by atoms with van der Waals surface area (Å²) in [5.41, 5.74) is 2.59. The first-order chi connectivity index (χ1) is 14.6. The molecule has 0 radical (unpaired) electrons. The van der Waals surface area contributed by atoms with Crippen LogP contribution < -0.4 is 10.6 Å². The molecule has 3 aromatic heterocycles. The molecule has 4 rings (SSSR count). The molecule has 8 nitrogen and oxygen atoms in total. The molecule has 2 N–H and O–H groups in total. The molecule has 0 saturated heterocycles. The molecular formula is C21H20N6O2S. The molecule has 30 heavy (non-hydrogen) atoms. The Hall–Kier alpha value is -3.59. The van der Waals surface area contributed by atoms with Crippen LogP contribution in [0, 0.1) is 6.92 Å². The third kappa shape index (κ3) is 4.06. The van der Waals surface area contributed by atoms with Gasteiger partial charge in [-0.05, 0) is 49.1 Å². The number of nitrogens with zero attached hydrogens (tertiary/aromatic N) is 4. The Labute approximate surface area is 176 Å². The van der Waals surface area contributed by atoms with Crippen LogP contribution in [-0.4, -0.2) is 44.9 Å². The van der Waals surface area contributed by atoms with Crippen LogP contribution in [0.15, 0.2) is 54.0 Å². The molecule has 0 bridgehead atoms. The van der Waals surface area contributed by atoms with Crippen LogP contribution in [0.2, 0.25) is 0 Å². The number of hydrogen-bond acceptors (Lipinski definition) is 6. The largest absolute Gasteiger partial charge is 0.351 e. The zero-order valence-electron chi connectivity index (χ0n) is 16.3. The molecule has 0 fully saturated rings. The van der Waals surface area contributed by atoms with E-state index in [4.69, 9.17) is 0 Å². The minimum Gasteiger partial charge on any atom is -0.351 e. The molecular weight excluding hydrogens is 400 g/mol. The van der Waals surface area contributed by atoms with Crippen molar-refractivity contribution in [3.63, 3.8) is 0 Å². The molecule has 3 heterocycles. The summed E-state index contributed by atoms with van der Waals surface area (Å²) >= 11 is 1.40. The predicted molar refractivity (Wildman–Crippen MR) is 115 cm³/mol. The van der Waals surface area contributed by atoms with Gasteiger partial charge in [0.15, 0.2) is 5.69 Å². The number of aromatic nitrogens is 4. The van der Waals surface area contributed by atoms with Crippen molar-refractivity contribution in [3.05, 3.63) is 70.3 Å². The van der Waals surface area contributed by atoms with Crippen molar-refractivity contribution in [3.8, 4) is 5.69 Å². The van der Waals surface area contributed by atoms with Gasteiger partial charge in [-0.2, -0.15) is 0 Å². The van der Waals surface area contributed by atoms with Crippen molar-refractivity contribution in [2.75, 3.05) is 13.1 Å².